The lowest BCUT2D eigenvalue weighted by Gasteiger charge is -2.29. The van der Waals surface area contributed by atoms with E-state index in [0.717, 1.165) is 37.8 Å². The average Bonchev–Trinajstić information content (AvgIpc) is 2.30. The minimum atomic E-state index is 0.261. The zero-order valence-electron chi connectivity index (χ0n) is 8.53. The fraction of sp³-hybridized carbons (Fsp3) is 0.556. The molecule has 0 saturated carbocycles. The first-order valence-electron chi connectivity index (χ1n) is 4.84. The molecule has 0 unspecified atom stereocenters. The number of nitrogens with zero attached hydrogens (tertiary/aromatic N) is 3. The molecule has 1 aliphatic rings. The Kier molecular flexibility index (Phi) is 3.23. The third-order valence-electron chi connectivity index (χ3n) is 2.33. The van der Waals surface area contributed by atoms with Crippen LogP contribution in [0.3, 0.4) is 0 Å². The van der Waals surface area contributed by atoms with Gasteiger partial charge in [-0.2, -0.15) is 4.98 Å². The molecule has 15 heavy (non-hydrogen) atoms. The van der Waals surface area contributed by atoms with Crippen LogP contribution in [0.1, 0.15) is 0 Å². The van der Waals surface area contributed by atoms with Crippen LogP contribution in [0.25, 0.3) is 0 Å². The predicted molar refractivity (Wildman–Crippen MR) is 59.6 cm³/mol. The van der Waals surface area contributed by atoms with E-state index in [9.17, 15) is 0 Å². The van der Waals surface area contributed by atoms with E-state index in [4.69, 9.17) is 16.3 Å². The van der Waals surface area contributed by atoms with Gasteiger partial charge in [-0.25, -0.2) is 4.98 Å². The van der Waals surface area contributed by atoms with Crippen molar-refractivity contribution in [3.05, 3.63) is 11.5 Å². The normalized spacial score (nSPS) is 16.5. The SMILES string of the molecule is CNc1nc(Cl)ncc1N1CCOCC1. The summed E-state index contributed by atoms with van der Waals surface area (Å²) in [5.41, 5.74) is 0.977. The Morgan fingerprint density at radius 1 is 1.47 bits per heavy atom. The summed E-state index contributed by atoms with van der Waals surface area (Å²) in [5.74, 6) is 0.761. The summed E-state index contributed by atoms with van der Waals surface area (Å²) in [4.78, 5) is 10.3. The van der Waals surface area contributed by atoms with E-state index in [2.05, 4.69) is 20.2 Å². The van der Waals surface area contributed by atoms with Crippen molar-refractivity contribution in [3.63, 3.8) is 0 Å². The molecule has 0 spiro atoms. The Morgan fingerprint density at radius 2 is 2.20 bits per heavy atom. The average molecular weight is 229 g/mol. The quantitative estimate of drug-likeness (QED) is 0.766. The highest BCUT2D eigenvalue weighted by molar-refractivity contribution is 6.28. The van der Waals surface area contributed by atoms with Gasteiger partial charge in [-0.1, -0.05) is 0 Å². The highest BCUT2D eigenvalue weighted by atomic mass is 35.5. The van der Waals surface area contributed by atoms with E-state index in [1.54, 1.807) is 6.20 Å². The standard InChI is InChI=1S/C9H13ClN4O/c1-11-8-7(6-12-9(10)13-8)14-2-4-15-5-3-14/h6H,2-5H2,1H3,(H,11,12,13). The highest BCUT2D eigenvalue weighted by Crippen LogP contribution is 2.24. The summed E-state index contributed by atoms with van der Waals surface area (Å²) in [7, 11) is 1.82. The second kappa shape index (κ2) is 4.63. The van der Waals surface area contributed by atoms with Crippen molar-refractivity contribution in [3.8, 4) is 0 Å². The Bertz CT molecular complexity index is 341. The Balaban J connectivity index is 2.25. The number of ether oxygens (including phenoxy) is 1. The van der Waals surface area contributed by atoms with Gasteiger partial charge in [0.15, 0.2) is 5.82 Å². The molecule has 0 aromatic carbocycles. The van der Waals surface area contributed by atoms with E-state index in [0.29, 0.717) is 0 Å². The maximum Gasteiger partial charge on any atom is 0.224 e. The molecule has 0 bridgehead atoms. The van der Waals surface area contributed by atoms with Gasteiger partial charge in [-0.3, -0.25) is 0 Å². The van der Waals surface area contributed by atoms with Crippen LogP contribution in [0.15, 0.2) is 6.20 Å². The number of nitrogens with one attached hydrogen (secondary N) is 1. The molecule has 1 N–H and O–H groups in total. The number of morpholine rings is 1. The van der Waals surface area contributed by atoms with Crippen molar-refractivity contribution in [2.24, 2.45) is 0 Å². The Hall–Kier alpha value is -1.07. The molecule has 0 atom stereocenters. The van der Waals surface area contributed by atoms with Crippen molar-refractivity contribution in [2.75, 3.05) is 43.6 Å². The number of halogens is 1. The molecule has 82 valence electrons. The molecule has 0 aliphatic carbocycles. The molecule has 1 aromatic heterocycles. The third-order valence-corrected chi connectivity index (χ3v) is 2.51. The van der Waals surface area contributed by atoms with Crippen LogP contribution < -0.4 is 10.2 Å². The lowest BCUT2D eigenvalue weighted by Crippen LogP contribution is -2.36. The molecule has 0 amide bonds. The lowest BCUT2D eigenvalue weighted by molar-refractivity contribution is 0.122. The molecular weight excluding hydrogens is 216 g/mol. The van der Waals surface area contributed by atoms with Gasteiger partial charge >= 0.3 is 0 Å². The largest absolute Gasteiger partial charge is 0.378 e. The molecule has 0 radical (unpaired) electrons. The summed E-state index contributed by atoms with van der Waals surface area (Å²) in [6.07, 6.45) is 1.74. The summed E-state index contributed by atoms with van der Waals surface area (Å²) >= 11 is 5.73. The van der Waals surface area contributed by atoms with Crippen molar-refractivity contribution < 1.29 is 4.74 Å². The predicted octanol–water partition coefficient (Wildman–Crippen LogP) is 1.01. The number of hydrogen-bond donors (Lipinski definition) is 1. The molecule has 2 rings (SSSR count). The lowest BCUT2D eigenvalue weighted by atomic mass is 10.3. The molecule has 5 nitrogen and oxygen atoms in total. The van der Waals surface area contributed by atoms with E-state index >= 15 is 0 Å². The molecule has 1 saturated heterocycles. The van der Waals surface area contributed by atoms with Gasteiger partial charge in [-0.05, 0) is 11.6 Å². The first-order chi connectivity index (χ1) is 7.31. The third kappa shape index (κ3) is 2.30. The zero-order valence-corrected chi connectivity index (χ0v) is 9.29. The van der Waals surface area contributed by atoms with Crippen LogP contribution in [0, 0.1) is 0 Å². The van der Waals surface area contributed by atoms with Crippen LogP contribution in [-0.2, 0) is 4.74 Å². The van der Waals surface area contributed by atoms with E-state index in [-0.39, 0.29) is 5.28 Å². The van der Waals surface area contributed by atoms with Crippen LogP contribution in [0.5, 0.6) is 0 Å². The maximum atomic E-state index is 5.73. The van der Waals surface area contributed by atoms with Crippen LogP contribution in [0.4, 0.5) is 11.5 Å². The van der Waals surface area contributed by atoms with Gasteiger partial charge in [0.2, 0.25) is 5.28 Å². The summed E-state index contributed by atoms with van der Waals surface area (Å²) in [6.45, 7) is 3.21. The summed E-state index contributed by atoms with van der Waals surface area (Å²) < 4.78 is 5.29. The first kappa shape index (κ1) is 10.4. The van der Waals surface area contributed by atoms with Gasteiger partial charge in [-0.15, -0.1) is 0 Å². The number of hydrogen-bond acceptors (Lipinski definition) is 5. The van der Waals surface area contributed by atoms with Crippen molar-refractivity contribution in [1.29, 1.82) is 0 Å². The van der Waals surface area contributed by atoms with E-state index in [1.165, 1.54) is 0 Å². The maximum absolute atomic E-state index is 5.73. The number of anilines is 2. The van der Waals surface area contributed by atoms with Gasteiger partial charge < -0.3 is 15.0 Å². The van der Waals surface area contributed by atoms with Gasteiger partial charge in [0.05, 0.1) is 25.1 Å². The Labute approximate surface area is 93.4 Å². The summed E-state index contributed by atoms with van der Waals surface area (Å²) in [6, 6.07) is 0. The van der Waals surface area contributed by atoms with Crippen LogP contribution >= 0.6 is 11.6 Å². The first-order valence-corrected chi connectivity index (χ1v) is 5.22. The molecule has 1 aliphatic heterocycles. The molecule has 2 heterocycles. The highest BCUT2D eigenvalue weighted by Gasteiger charge is 2.15. The fourth-order valence-electron chi connectivity index (χ4n) is 1.57. The van der Waals surface area contributed by atoms with Gasteiger partial charge in [0.1, 0.15) is 0 Å². The van der Waals surface area contributed by atoms with Crippen molar-refractivity contribution in [1.82, 2.24) is 9.97 Å². The molecule has 6 heteroatoms. The van der Waals surface area contributed by atoms with E-state index in [1.807, 2.05) is 7.05 Å². The number of aromatic nitrogens is 2. The van der Waals surface area contributed by atoms with Crippen LogP contribution in [0.2, 0.25) is 5.28 Å². The zero-order chi connectivity index (χ0) is 10.7. The monoisotopic (exact) mass is 228 g/mol. The Morgan fingerprint density at radius 3 is 2.87 bits per heavy atom. The van der Waals surface area contributed by atoms with Crippen molar-refractivity contribution in [2.45, 2.75) is 0 Å². The van der Waals surface area contributed by atoms with Crippen LogP contribution in [-0.4, -0.2) is 43.3 Å². The fourth-order valence-corrected chi connectivity index (χ4v) is 1.71. The van der Waals surface area contributed by atoms with Gasteiger partial charge in [0, 0.05) is 20.1 Å². The van der Waals surface area contributed by atoms with E-state index < -0.39 is 0 Å². The molecule has 1 fully saturated rings. The topological polar surface area (TPSA) is 50.3 Å². The minimum absolute atomic E-state index is 0.261. The minimum Gasteiger partial charge on any atom is -0.378 e. The second-order valence-electron chi connectivity index (χ2n) is 3.22. The second-order valence-corrected chi connectivity index (χ2v) is 3.56. The van der Waals surface area contributed by atoms with Gasteiger partial charge in [0.25, 0.3) is 0 Å². The smallest absolute Gasteiger partial charge is 0.224 e. The molecular formula is C9H13ClN4O. The van der Waals surface area contributed by atoms with Crippen molar-refractivity contribution >= 4 is 23.1 Å². The molecule has 1 aromatic rings. The number of rotatable bonds is 2. The summed E-state index contributed by atoms with van der Waals surface area (Å²) in [5, 5.41) is 3.28.